The highest BCUT2D eigenvalue weighted by Crippen LogP contribution is 2.30. The van der Waals surface area contributed by atoms with Gasteiger partial charge in [0.25, 0.3) is 11.4 Å². The van der Waals surface area contributed by atoms with E-state index in [-0.39, 0.29) is 29.9 Å². The van der Waals surface area contributed by atoms with Crippen molar-refractivity contribution in [3.05, 3.63) is 79.9 Å². The van der Waals surface area contributed by atoms with Gasteiger partial charge in [0.15, 0.2) is 6.29 Å². The summed E-state index contributed by atoms with van der Waals surface area (Å²) in [4.78, 5) is 20.7. The predicted molar refractivity (Wildman–Crippen MR) is 143 cm³/mol. The summed E-state index contributed by atoms with van der Waals surface area (Å²) in [7, 11) is 0. The Labute approximate surface area is 223 Å². The van der Waals surface area contributed by atoms with Gasteiger partial charge in [-0.25, -0.2) is 0 Å². The summed E-state index contributed by atoms with van der Waals surface area (Å²) in [6.45, 7) is 1.97. The average Bonchev–Trinajstić information content (AvgIpc) is 2.92. The molecule has 0 radical (unpaired) electrons. The molecule has 38 heavy (non-hydrogen) atoms. The van der Waals surface area contributed by atoms with Crippen LogP contribution in [0.5, 0.6) is 0 Å². The first kappa shape index (κ1) is 27.3. The van der Waals surface area contributed by atoms with E-state index < -0.39 is 9.85 Å². The van der Waals surface area contributed by atoms with Crippen LogP contribution in [-0.4, -0.2) is 28.3 Å². The fourth-order valence-electron chi connectivity index (χ4n) is 4.96. The molecule has 2 aromatic rings. The molecule has 0 bridgehead atoms. The van der Waals surface area contributed by atoms with Gasteiger partial charge < -0.3 is 9.47 Å². The summed E-state index contributed by atoms with van der Waals surface area (Å²) in [5.41, 5.74) is 1.74. The number of rotatable bonds is 6. The van der Waals surface area contributed by atoms with Crippen molar-refractivity contribution < 1.29 is 19.3 Å². The lowest BCUT2D eigenvalue weighted by molar-refractivity contribution is -0.385. The van der Waals surface area contributed by atoms with Gasteiger partial charge in [-0.15, -0.1) is 0 Å². The van der Waals surface area contributed by atoms with Crippen molar-refractivity contribution in [2.24, 2.45) is 11.8 Å². The predicted octanol–water partition coefficient (Wildman–Crippen LogP) is 6.40. The standard InChI is InChI=1S/C30H32N2O6/c1-22(37-29-18-10-25(11-19-29)4-2-23-6-14-27(15-7-23)31(33)34)38-30-20-12-26(13-21-30)5-3-24-8-16-28(17-9-24)32(35)36/h6-9,14-17,22,25-26,29-30H,10-13,18-21H2,1H3. The van der Waals surface area contributed by atoms with E-state index in [1.54, 1.807) is 24.3 Å². The number of nitro benzene ring substituents is 2. The van der Waals surface area contributed by atoms with Crippen LogP contribution in [0.3, 0.4) is 0 Å². The molecule has 2 aliphatic carbocycles. The van der Waals surface area contributed by atoms with Crippen LogP contribution in [0.15, 0.2) is 48.5 Å². The first-order valence-electron chi connectivity index (χ1n) is 13.2. The van der Waals surface area contributed by atoms with E-state index in [1.165, 1.54) is 24.3 Å². The number of nitro groups is 2. The van der Waals surface area contributed by atoms with Crippen LogP contribution in [-0.2, 0) is 9.47 Å². The Kier molecular flexibility index (Phi) is 9.48. The zero-order valence-electron chi connectivity index (χ0n) is 21.5. The number of nitrogens with zero attached hydrogens (tertiary/aromatic N) is 2. The van der Waals surface area contributed by atoms with Crippen molar-refractivity contribution >= 4 is 11.4 Å². The maximum absolute atomic E-state index is 10.8. The molecule has 2 aliphatic rings. The Balaban J connectivity index is 1.14. The fourth-order valence-corrected chi connectivity index (χ4v) is 4.96. The second-order valence-electron chi connectivity index (χ2n) is 9.93. The molecule has 0 heterocycles. The third-order valence-corrected chi connectivity index (χ3v) is 7.11. The first-order chi connectivity index (χ1) is 18.4. The molecule has 2 aromatic carbocycles. The van der Waals surface area contributed by atoms with Gasteiger partial charge in [-0.2, -0.15) is 0 Å². The van der Waals surface area contributed by atoms with Crippen LogP contribution in [0.4, 0.5) is 11.4 Å². The van der Waals surface area contributed by atoms with E-state index in [1.807, 2.05) is 6.92 Å². The smallest absolute Gasteiger partial charge is 0.269 e. The molecule has 8 nitrogen and oxygen atoms in total. The van der Waals surface area contributed by atoms with Crippen molar-refractivity contribution in [2.75, 3.05) is 0 Å². The highest BCUT2D eigenvalue weighted by atomic mass is 16.7. The van der Waals surface area contributed by atoms with E-state index in [0.717, 1.165) is 62.5 Å². The number of ether oxygens (including phenoxy) is 2. The van der Waals surface area contributed by atoms with Crippen molar-refractivity contribution in [2.45, 2.75) is 76.8 Å². The SMILES string of the molecule is CC(OC1CCC(C#Cc2ccc([N+](=O)[O-])cc2)CC1)OC1CCC(C#Cc2ccc([N+](=O)[O-])cc2)CC1. The monoisotopic (exact) mass is 516 g/mol. The van der Waals surface area contributed by atoms with Gasteiger partial charge in [0.2, 0.25) is 0 Å². The van der Waals surface area contributed by atoms with E-state index in [2.05, 4.69) is 23.7 Å². The topological polar surface area (TPSA) is 105 Å². The van der Waals surface area contributed by atoms with Gasteiger partial charge in [0.1, 0.15) is 0 Å². The van der Waals surface area contributed by atoms with Crippen LogP contribution in [0, 0.1) is 55.7 Å². The van der Waals surface area contributed by atoms with Crippen LogP contribution in [0.1, 0.15) is 69.4 Å². The van der Waals surface area contributed by atoms with Gasteiger partial charge in [-0.05, 0) is 82.6 Å². The molecule has 0 aromatic heterocycles. The Bertz CT molecular complexity index is 1120. The Morgan fingerprint density at radius 1 is 0.658 bits per heavy atom. The number of non-ortho nitro benzene ring substituents is 2. The molecule has 198 valence electrons. The lowest BCUT2D eigenvalue weighted by Crippen LogP contribution is -2.31. The van der Waals surface area contributed by atoms with Crippen LogP contribution in [0.2, 0.25) is 0 Å². The number of hydrogen-bond donors (Lipinski definition) is 0. The lowest BCUT2D eigenvalue weighted by Gasteiger charge is -2.32. The van der Waals surface area contributed by atoms with Crippen LogP contribution in [0.25, 0.3) is 0 Å². The summed E-state index contributed by atoms with van der Waals surface area (Å²) >= 11 is 0. The number of hydrogen-bond acceptors (Lipinski definition) is 6. The second kappa shape index (κ2) is 13.2. The molecule has 8 heteroatoms. The minimum atomic E-state index is -0.407. The van der Waals surface area contributed by atoms with Gasteiger partial charge in [0, 0.05) is 47.2 Å². The molecule has 0 amide bonds. The number of benzene rings is 2. The van der Waals surface area contributed by atoms with Gasteiger partial charge in [-0.1, -0.05) is 23.7 Å². The van der Waals surface area contributed by atoms with Gasteiger partial charge >= 0.3 is 0 Å². The molecule has 0 N–H and O–H groups in total. The molecular formula is C30H32N2O6. The maximum Gasteiger partial charge on any atom is 0.269 e. The molecule has 0 spiro atoms. The second-order valence-corrected chi connectivity index (χ2v) is 9.93. The van der Waals surface area contributed by atoms with Crippen molar-refractivity contribution in [1.82, 2.24) is 0 Å². The zero-order valence-corrected chi connectivity index (χ0v) is 21.5. The van der Waals surface area contributed by atoms with E-state index >= 15 is 0 Å². The fraction of sp³-hybridized carbons (Fsp3) is 0.467. The summed E-state index contributed by atoms with van der Waals surface area (Å²) in [6, 6.07) is 12.7. The van der Waals surface area contributed by atoms with E-state index in [9.17, 15) is 20.2 Å². The highest BCUT2D eigenvalue weighted by molar-refractivity contribution is 5.42. The van der Waals surface area contributed by atoms with Crippen molar-refractivity contribution in [3.63, 3.8) is 0 Å². The van der Waals surface area contributed by atoms with Gasteiger partial charge in [-0.3, -0.25) is 20.2 Å². The molecule has 0 saturated heterocycles. The Hall–Kier alpha value is -3.72. The van der Waals surface area contributed by atoms with Crippen molar-refractivity contribution in [1.29, 1.82) is 0 Å². The van der Waals surface area contributed by atoms with Gasteiger partial charge in [0.05, 0.1) is 22.1 Å². The third kappa shape index (κ3) is 8.14. The summed E-state index contributed by atoms with van der Waals surface area (Å²) < 4.78 is 12.4. The third-order valence-electron chi connectivity index (χ3n) is 7.11. The quantitative estimate of drug-likeness (QED) is 0.190. The summed E-state index contributed by atoms with van der Waals surface area (Å²) in [5.74, 6) is 13.5. The Morgan fingerprint density at radius 3 is 1.32 bits per heavy atom. The summed E-state index contributed by atoms with van der Waals surface area (Å²) in [6.07, 6.45) is 7.73. The summed E-state index contributed by atoms with van der Waals surface area (Å²) in [5, 5.41) is 21.5. The average molecular weight is 517 g/mol. The largest absolute Gasteiger partial charge is 0.350 e. The molecule has 4 rings (SSSR count). The minimum Gasteiger partial charge on any atom is -0.350 e. The zero-order chi connectivity index (χ0) is 26.9. The molecule has 0 aliphatic heterocycles. The van der Waals surface area contributed by atoms with E-state index in [4.69, 9.17) is 9.47 Å². The van der Waals surface area contributed by atoms with Crippen LogP contribution < -0.4 is 0 Å². The normalized spacial score (nSPS) is 23.7. The maximum atomic E-state index is 10.8. The first-order valence-corrected chi connectivity index (χ1v) is 13.2. The highest BCUT2D eigenvalue weighted by Gasteiger charge is 2.26. The Morgan fingerprint density at radius 2 is 1.00 bits per heavy atom. The lowest BCUT2D eigenvalue weighted by atomic mass is 9.87. The van der Waals surface area contributed by atoms with Crippen molar-refractivity contribution in [3.8, 4) is 23.7 Å². The minimum absolute atomic E-state index is 0.0750. The molecule has 0 unspecified atom stereocenters. The molecular weight excluding hydrogens is 484 g/mol. The molecule has 2 saturated carbocycles. The molecule has 2 fully saturated rings. The molecule has 0 atom stereocenters. The van der Waals surface area contributed by atoms with E-state index in [0.29, 0.717) is 11.8 Å². The van der Waals surface area contributed by atoms with Crippen LogP contribution >= 0.6 is 0 Å².